The molecule has 0 aliphatic rings. The second-order valence-electron chi connectivity index (χ2n) is 4.74. The third-order valence-corrected chi connectivity index (χ3v) is 2.89. The van der Waals surface area contributed by atoms with Crippen LogP contribution in [0.25, 0.3) is 0 Å². The molecule has 1 aromatic rings. The van der Waals surface area contributed by atoms with Crippen LogP contribution in [0.4, 0.5) is 5.69 Å². The lowest BCUT2D eigenvalue weighted by atomic mass is 10.0. The zero-order valence-corrected chi connectivity index (χ0v) is 11.2. The van der Waals surface area contributed by atoms with Crippen molar-refractivity contribution < 1.29 is 0 Å². The average molecular weight is 219 g/mol. The van der Waals surface area contributed by atoms with Crippen LogP contribution in [0.3, 0.4) is 0 Å². The molecule has 0 bridgehead atoms. The lowest BCUT2D eigenvalue weighted by molar-refractivity contribution is 0.743. The first-order valence-corrected chi connectivity index (χ1v) is 6.54. The van der Waals surface area contributed by atoms with Crippen molar-refractivity contribution in [2.75, 3.05) is 18.0 Å². The van der Waals surface area contributed by atoms with Crippen molar-refractivity contribution in [3.63, 3.8) is 0 Å². The number of rotatable bonds is 6. The Morgan fingerprint density at radius 2 is 1.69 bits per heavy atom. The molecule has 0 fully saturated rings. The van der Waals surface area contributed by atoms with E-state index in [1.165, 1.54) is 24.1 Å². The summed E-state index contributed by atoms with van der Waals surface area (Å²) in [6, 6.07) is 8.99. The Morgan fingerprint density at radius 1 is 1.06 bits per heavy atom. The molecule has 0 spiro atoms. The Bertz CT molecular complexity index is 298. The Hall–Kier alpha value is -0.980. The fraction of sp³-hybridized carbons (Fsp3) is 0.600. The summed E-state index contributed by atoms with van der Waals surface area (Å²) >= 11 is 0. The van der Waals surface area contributed by atoms with Gasteiger partial charge >= 0.3 is 0 Å². The standard InChI is InChI=1S/C15H25N/c1-5-10-16(11-6-2)15-9-7-8-14(12-15)13(3)4/h7-9,12-13H,5-6,10-11H2,1-4H3. The van der Waals surface area contributed by atoms with Crippen molar-refractivity contribution >= 4 is 5.69 Å². The Morgan fingerprint density at radius 3 is 2.19 bits per heavy atom. The van der Waals surface area contributed by atoms with Gasteiger partial charge in [-0.05, 0) is 36.5 Å². The van der Waals surface area contributed by atoms with E-state index in [9.17, 15) is 0 Å². The summed E-state index contributed by atoms with van der Waals surface area (Å²) in [6.45, 7) is 11.3. The summed E-state index contributed by atoms with van der Waals surface area (Å²) < 4.78 is 0. The first-order valence-electron chi connectivity index (χ1n) is 6.54. The molecule has 0 heterocycles. The SMILES string of the molecule is CCCN(CCC)c1cccc(C(C)C)c1. The summed E-state index contributed by atoms with van der Waals surface area (Å²) in [5.74, 6) is 0.616. The first kappa shape index (κ1) is 13.1. The highest BCUT2D eigenvalue weighted by atomic mass is 15.1. The lowest BCUT2D eigenvalue weighted by Gasteiger charge is -2.24. The van der Waals surface area contributed by atoms with Gasteiger partial charge in [0.05, 0.1) is 0 Å². The minimum Gasteiger partial charge on any atom is -0.372 e. The monoisotopic (exact) mass is 219 g/mol. The summed E-state index contributed by atoms with van der Waals surface area (Å²) in [4.78, 5) is 2.49. The normalized spacial score (nSPS) is 10.8. The van der Waals surface area contributed by atoms with Gasteiger partial charge in [0.25, 0.3) is 0 Å². The molecular formula is C15H25N. The minimum atomic E-state index is 0.616. The second kappa shape index (κ2) is 6.57. The predicted molar refractivity (Wildman–Crippen MR) is 73.3 cm³/mol. The van der Waals surface area contributed by atoms with Gasteiger partial charge in [-0.2, -0.15) is 0 Å². The fourth-order valence-electron chi connectivity index (χ4n) is 1.99. The molecule has 0 aliphatic carbocycles. The quantitative estimate of drug-likeness (QED) is 0.684. The van der Waals surface area contributed by atoms with Gasteiger partial charge in [-0.1, -0.05) is 39.8 Å². The molecule has 1 heteroatoms. The molecular weight excluding hydrogens is 194 g/mol. The van der Waals surface area contributed by atoms with Crippen molar-refractivity contribution in [1.29, 1.82) is 0 Å². The molecule has 0 atom stereocenters. The Kier molecular flexibility index (Phi) is 5.37. The third-order valence-electron chi connectivity index (χ3n) is 2.89. The first-order chi connectivity index (χ1) is 7.69. The van der Waals surface area contributed by atoms with Crippen LogP contribution in [-0.2, 0) is 0 Å². The van der Waals surface area contributed by atoms with E-state index >= 15 is 0 Å². The van der Waals surface area contributed by atoms with Crippen LogP contribution in [0.5, 0.6) is 0 Å². The van der Waals surface area contributed by atoms with Crippen molar-refractivity contribution in [3.05, 3.63) is 29.8 Å². The largest absolute Gasteiger partial charge is 0.372 e. The maximum Gasteiger partial charge on any atom is 0.0369 e. The number of hydrogen-bond acceptors (Lipinski definition) is 1. The van der Waals surface area contributed by atoms with Crippen LogP contribution in [0, 0.1) is 0 Å². The summed E-state index contributed by atoms with van der Waals surface area (Å²) in [7, 11) is 0. The van der Waals surface area contributed by atoms with E-state index in [0.717, 1.165) is 13.1 Å². The van der Waals surface area contributed by atoms with Crippen molar-refractivity contribution in [2.24, 2.45) is 0 Å². The Labute approximate surface area is 100 Å². The van der Waals surface area contributed by atoms with E-state index < -0.39 is 0 Å². The van der Waals surface area contributed by atoms with Gasteiger partial charge in [0.15, 0.2) is 0 Å². The molecule has 0 amide bonds. The number of benzene rings is 1. The van der Waals surface area contributed by atoms with Crippen LogP contribution in [0.2, 0.25) is 0 Å². The van der Waals surface area contributed by atoms with Gasteiger partial charge in [-0.15, -0.1) is 0 Å². The molecule has 0 aromatic heterocycles. The van der Waals surface area contributed by atoms with Crippen LogP contribution in [0.1, 0.15) is 52.0 Å². The molecule has 0 radical (unpaired) electrons. The predicted octanol–water partition coefficient (Wildman–Crippen LogP) is 4.44. The van der Waals surface area contributed by atoms with E-state index in [1.54, 1.807) is 0 Å². The van der Waals surface area contributed by atoms with E-state index in [4.69, 9.17) is 0 Å². The summed E-state index contributed by atoms with van der Waals surface area (Å²) in [6.07, 6.45) is 2.43. The Balaban J connectivity index is 2.86. The van der Waals surface area contributed by atoms with Crippen molar-refractivity contribution in [2.45, 2.75) is 46.5 Å². The van der Waals surface area contributed by atoms with Crippen LogP contribution in [-0.4, -0.2) is 13.1 Å². The van der Waals surface area contributed by atoms with Gasteiger partial charge in [-0.3, -0.25) is 0 Å². The molecule has 0 saturated carbocycles. The molecule has 1 nitrogen and oxygen atoms in total. The summed E-state index contributed by atoms with van der Waals surface area (Å²) in [5, 5.41) is 0. The molecule has 90 valence electrons. The number of nitrogens with zero attached hydrogens (tertiary/aromatic N) is 1. The molecule has 1 aromatic carbocycles. The van der Waals surface area contributed by atoms with Gasteiger partial charge in [-0.25, -0.2) is 0 Å². The molecule has 0 saturated heterocycles. The minimum absolute atomic E-state index is 0.616. The topological polar surface area (TPSA) is 3.24 Å². The van der Waals surface area contributed by atoms with Crippen molar-refractivity contribution in [3.8, 4) is 0 Å². The van der Waals surface area contributed by atoms with Gasteiger partial charge in [0, 0.05) is 18.8 Å². The third kappa shape index (κ3) is 3.55. The number of anilines is 1. The van der Waals surface area contributed by atoms with E-state index in [1.807, 2.05) is 0 Å². The zero-order chi connectivity index (χ0) is 12.0. The molecule has 1 rings (SSSR count). The molecule has 0 unspecified atom stereocenters. The van der Waals surface area contributed by atoms with E-state index in [-0.39, 0.29) is 0 Å². The van der Waals surface area contributed by atoms with Crippen LogP contribution >= 0.6 is 0 Å². The fourth-order valence-corrected chi connectivity index (χ4v) is 1.99. The van der Waals surface area contributed by atoms with Gasteiger partial charge in [0.1, 0.15) is 0 Å². The van der Waals surface area contributed by atoms with Gasteiger partial charge < -0.3 is 4.90 Å². The maximum absolute atomic E-state index is 2.49. The highest BCUT2D eigenvalue weighted by Gasteiger charge is 2.06. The smallest absolute Gasteiger partial charge is 0.0369 e. The molecule has 0 aliphatic heterocycles. The van der Waals surface area contributed by atoms with E-state index in [2.05, 4.69) is 56.9 Å². The van der Waals surface area contributed by atoms with Crippen LogP contribution < -0.4 is 4.90 Å². The van der Waals surface area contributed by atoms with E-state index in [0.29, 0.717) is 5.92 Å². The molecule has 0 N–H and O–H groups in total. The van der Waals surface area contributed by atoms with Crippen LogP contribution in [0.15, 0.2) is 24.3 Å². The number of hydrogen-bond donors (Lipinski definition) is 0. The van der Waals surface area contributed by atoms with Crippen molar-refractivity contribution in [1.82, 2.24) is 0 Å². The average Bonchev–Trinajstić information content (AvgIpc) is 2.29. The zero-order valence-electron chi connectivity index (χ0n) is 11.2. The second-order valence-corrected chi connectivity index (χ2v) is 4.74. The molecule has 16 heavy (non-hydrogen) atoms. The highest BCUT2D eigenvalue weighted by Crippen LogP contribution is 2.21. The highest BCUT2D eigenvalue weighted by molar-refractivity contribution is 5.49. The van der Waals surface area contributed by atoms with Gasteiger partial charge in [0.2, 0.25) is 0 Å². The maximum atomic E-state index is 2.49. The summed E-state index contributed by atoms with van der Waals surface area (Å²) in [5.41, 5.74) is 2.82. The lowest BCUT2D eigenvalue weighted by Crippen LogP contribution is -2.24.